The van der Waals surface area contributed by atoms with E-state index in [-0.39, 0.29) is 0 Å². The van der Waals surface area contributed by atoms with Crippen LogP contribution < -0.4 is 5.32 Å². The molecule has 4 atom stereocenters. The van der Waals surface area contributed by atoms with E-state index < -0.39 is 0 Å². The molecule has 2 aliphatic rings. The smallest absolute Gasteiger partial charge is 0.0103 e. The van der Waals surface area contributed by atoms with E-state index in [0.717, 1.165) is 29.7 Å². The fourth-order valence-corrected chi connectivity index (χ4v) is 4.52. The minimum atomic E-state index is 0.844. The van der Waals surface area contributed by atoms with Gasteiger partial charge >= 0.3 is 0 Å². The lowest BCUT2D eigenvalue weighted by Crippen LogP contribution is -2.35. The Morgan fingerprint density at radius 3 is 2.37 bits per heavy atom. The second-order valence-corrected chi connectivity index (χ2v) is 7.05. The second-order valence-electron chi connectivity index (χ2n) is 7.05. The van der Waals surface area contributed by atoms with Gasteiger partial charge in [0.15, 0.2) is 0 Å². The van der Waals surface area contributed by atoms with E-state index in [0.29, 0.717) is 0 Å². The van der Waals surface area contributed by atoms with Crippen LogP contribution in [0.4, 0.5) is 0 Å². The first-order valence-electron chi connectivity index (χ1n) is 9.05. The first-order chi connectivity index (χ1) is 9.31. The van der Waals surface area contributed by atoms with Gasteiger partial charge in [-0.05, 0) is 55.9 Å². The van der Waals surface area contributed by atoms with Crippen LogP contribution in [0.25, 0.3) is 0 Å². The molecule has 112 valence electrons. The van der Waals surface area contributed by atoms with Crippen molar-refractivity contribution < 1.29 is 0 Å². The predicted octanol–water partition coefficient (Wildman–Crippen LogP) is 5.01. The summed E-state index contributed by atoms with van der Waals surface area (Å²) in [7, 11) is 0. The molecule has 0 bridgehead atoms. The molecular weight excluding hydrogens is 230 g/mol. The fraction of sp³-hybridized carbons (Fsp3) is 1.00. The molecule has 2 fully saturated rings. The number of unbranched alkanes of at least 4 members (excludes halogenated alkanes) is 1. The van der Waals surface area contributed by atoms with E-state index >= 15 is 0 Å². The Morgan fingerprint density at radius 1 is 1.05 bits per heavy atom. The van der Waals surface area contributed by atoms with E-state index in [1.165, 1.54) is 64.3 Å². The van der Waals surface area contributed by atoms with Crippen molar-refractivity contribution in [2.24, 2.45) is 23.7 Å². The quantitative estimate of drug-likeness (QED) is 0.585. The molecule has 4 unspecified atom stereocenters. The van der Waals surface area contributed by atoms with E-state index in [1.54, 1.807) is 0 Å². The molecule has 0 spiro atoms. The average Bonchev–Trinajstić information content (AvgIpc) is 2.91. The molecule has 19 heavy (non-hydrogen) atoms. The Labute approximate surface area is 120 Å². The number of hydrogen-bond donors (Lipinski definition) is 1. The van der Waals surface area contributed by atoms with E-state index in [1.807, 2.05) is 0 Å². The largest absolute Gasteiger partial charge is 0.314 e. The highest BCUT2D eigenvalue weighted by Crippen LogP contribution is 2.59. The Bertz CT molecular complexity index is 240. The van der Waals surface area contributed by atoms with Crippen molar-refractivity contribution in [1.29, 1.82) is 0 Å². The maximum Gasteiger partial charge on any atom is 0.0103 e. The first kappa shape index (κ1) is 15.4. The standard InChI is InChI=1S/C18H35N/c1-4-7-9-14(6-3)13-17(19-12-5-2)18-15-10-8-11-16(15)18/h14-19H,4-13H2,1-3H3. The maximum atomic E-state index is 3.90. The van der Waals surface area contributed by atoms with Crippen LogP contribution in [0.2, 0.25) is 0 Å². The van der Waals surface area contributed by atoms with Crippen molar-refractivity contribution in [3.05, 3.63) is 0 Å². The van der Waals surface area contributed by atoms with Gasteiger partial charge in [0.05, 0.1) is 0 Å². The summed E-state index contributed by atoms with van der Waals surface area (Å²) in [5, 5.41) is 3.90. The minimum absolute atomic E-state index is 0.844. The van der Waals surface area contributed by atoms with Gasteiger partial charge in [-0.25, -0.2) is 0 Å². The van der Waals surface area contributed by atoms with Gasteiger partial charge < -0.3 is 5.32 Å². The Morgan fingerprint density at radius 2 is 1.79 bits per heavy atom. The van der Waals surface area contributed by atoms with Crippen LogP contribution >= 0.6 is 0 Å². The molecule has 0 aromatic carbocycles. The molecule has 1 N–H and O–H groups in total. The minimum Gasteiger partial charge on any atom is -0.314 e. The van der Waals surface area contributed by atoms with E-state index in [4.69, 9.17) is 0 Å². The molecule has 0 saturated heterocycles. The van der Waals surface area contributed by atoms with Gasteiger partial charge in [0.1, 0.15) is 0 Å². The van der Waals surface area contributed by atoms with Gasteiger partial charge in [-0.15, -0.1) is 0 Å². The molecule has 0 aromatic rings. The number of rotatable bonds is 10. The lowest BCUT2D eigenvalue weighted by atomic mass is 9.88. The Kier molecular flexibility index (Phi) is 6.19. The molecular formula is C18H35N. The van der Waals surface area contributed by atoms with Crippen molar-refractivity contribution in [3.63, 3.8) is 0 Å². The highest BCUT2D eigenvalue weighted by atomic mass is 14.9. The lowest BCUT2D eigenvalue weighted by Gasteiger charge is -2.25. The third-order valence-corrected chi connectivity index (χ3v) is 5.72. The summed E-state index contributed by atoms with van der Waals surface area (Å²) in [4.78, 5) is 0. The Balaban J connectivity index is 1.82. The fourth-order valence-electron chi connectivity index (χ4n) is 4.52. The van der Waals surface area contributed by atoms with Crippen molar-refractivity contribution >= 4 is 0 Å². The van der Waals surface area contributed by atoms with Crippen molar-refractivity contribution in [2.45, 2.75) is 84.6 Å². The van der Waals surface area contributed by atoms with Crippen LogP contribution in [0.1, 0.15) is 78.6 Å². The Hall–Kier alpha value is -0.0400. The van der Waals surface area contributed by atoms with Crippen molar-refractivity contribution in [3.8, 4) is 0 Å². The number of fused-ring (bicyclic) bond motifs is 1. The molecule has 0 aromatic heterocycles. The zero-order chi connectivity index (χ0) is 13.7. The zero-order valence-corrected chi connectivity index (χ0v) is 13.5. The molecule has 0 radical (unpaired) electrons. The van der Waals surface area contributed by atoms with Gasteiger partial charge in [0, 0.05) is 6.04 Å². The van der Waals surface area contributed by atoms with Crippen LogP contribution in [-0.4, -0.2) is 12.6 Å². The van der Waals surface area contributed by atoms with Crippen LogP contribution in [0.15, 0.2) is 0 Å². The summed E-state index contributed by atoms with van der Waals surface area (Å²) >= 11 is 0. The zero-order valence-electron chi connectivity index (χ0n) is 13.5. The summed E-state index contributed by atoms with van der Waals surface area (Å²) in [6.07, 6.45) is 12.9. The number of nitrogens with one attached hydrogen (secondary N) is 1. The normalized spacial score (nSPS) is 32.1. The molecule has 2 aliphatic carbocycles. The van der Waals surface area contributed by atoms with E-state index in [2.05, 4.69) is 26.1 Å². The summed E-state index contributed by atoms with van der Waals surface area (Å²) < 4.78 is 0. The number of hydrogen-bond acceptors (Lipinski definition) is 1. The monoisotopic (exact) mass is 265 g/mol. The molecule has 0 amide bonds. The van der Waals surface area contributed by atoms with Gasteiger partial charge in [0.25, 0.3) is 0 Å². The average molecular weight is 265 g/mol. The molecule has 0 heterocycles. The van der Waals surface area contributed by atoms with Crippen molar-refractivity contribution in [2.75, 3.05) is 6.54 Å². The lowest BCUT2D eigenvalue weighted by molar-refractivity contribution is 0.306. The summed E-state index contributed by atoms with van der Waals surface area (Å²) in [5.41, 5.74) is 0. The van der Waals surface area contributed by atoms with Crippen LogP contribution in [-0.2, 0) is 0 Å². The second kappa shape index (κ2) is 7.67. The molecule has 1 heteroatoms. The van der Waals surface area contributed by atoms with Gasteiger partial charge in [-0.1, -0.05) is 52.9 Å². The van der Waals surface area contributed by atoms with E-state index in [9.17, 15) is 0 Å². The highest BCUT2D eigenvalue weighted by molar-refractivity contribution is 5.06. The SMILES string of the molecule is CCCCC(CC)CC(NCCC)C1C2CCCC21. The van der Waals surface area contributed by atoms with Gasteiger partial charge in [0.2, 0.25) is 0 Å². The van der Waals surface area contributed by atoms with Crippen molar-refractivity contribution in [1.82, 2.24) is 5.32 Å². The van der Waals surface area contributed by atoms with Crippen LogP contribution in [0.5, 0.6) is 0 Å². The third-order valence-electron chi connectivity index (χ3n) is 5.72. The van der Waals surface area contributed by atoms with Gasteiger partial charge in [-0.2, -0.15) is 0 Å². The highest BCUT2D eigenvalue weighted by Gasteiger charge is 2.55. The summed E-state index contributed by atoms with van der Waals surface area (Å²) in [5.74, 6) is 4.24. The maximum absolute atomic E-state index is 3.90. The molecule has 1 nitrogen and oxygen atoms in total. The molecule has 0 aliphatic heterocycles. The summed E-state index contributed by atoms with van der Waals surface area (Å²) in [6.45, 7) is 8.24. The molecule has 2 saturated carbocycles. The predicted molar refractivity (Wildman–Crippen MR) is 84.3 cm³/mol. The summed E-state index contributed by atoms with van der Waals surface area (Å²) in [6, 6.07) is 0.844. The van der Waals surface area contributed by atoms with Gasteiger partial charge in [-0.3, -0.25) is 0 Å². The third kappa shape index (κ3) is 3.97. The van der Waals surface area contributed by atoms with Crippen LogP contribution in [0.3, 0.4) is 0 Å². The van der Waals surface area contributed by atoms with Crippen LogP contribution in [0, 0.1) is 23.7 Å². The first-order valence-corrected chi connectivity index (χ1v) is 9.05. The molecule has 2 rings (SSSR count). The topological polar surface area (TPSA) is 12.0 Å².